The molecule has 0 bridgehead atoms. The van der Waals surface area contributed by atoms with Gasteiger partial charge in [0.25, 0.3) is 17.5 Å². The number of halogens is 2. The first kappa shape index (κ1) is 19.1. The first-order chi connectivity index (χ1) is 11.7. The van der Waals surface area contributed by atoms with Gasteiger partial charge in [-0.1, -0.05) is 11.6 Å². The molecule has 0 spiro atoms. The van der Waals surface area contributed by atoms with Crippen molar-refractivity contribution in [2.24, 2.45) is 0 Å². The Morgan fingerprint density at radius 3 is 2.40 bits per heavy atom. The zero-order chi connectivity index (χ0) is 18.7. The van der Waals surface area contributed by atoms with Gasteiger partial charge in [0.2, 0.25) is 0 Å². The molecule has 7 nitrogen and oxygen atoms in total. The molecule has 2 amide bonds. The van der Waals surface area contributed by atoms with Crippen LogP contribution in [0.1, 0.15) is 20.7 Å². The minimum atomic E-state index is -0.564. The number of carbonyl (C=O) groups is 2. The molecule has 0 atom stereocenters. The van der Waals surface area contributed by atoms with Crippen LogP contribution >= 0.6 is 34.2 Å². The second-order valence-corrected chi connectivity index (χ2v) is 6.84. The van der Waals surface area contributed by atoms with Crippen LogP contribution in [0, 0.1) is 13.7 Å². The number of anilines is 1. The minimum Gasteiger partial charge on any atom is -0.345 e. The fraction of sp³-hybridized carbons (Fsp3) is 0.125. The summed E-state index contributed by atoms with van der Waals surface area (Å²) in [5, 5.41) is 13.7. The Balaban J connectivity index is 2.27. The van der Waals surface area contributed by atoms with Gasteiger partial charge in [0, 0.05) is 35.5 Å². The summed E-state index contributed by atoms with van der Waals surface area (Å²) in [7, 11) is 3.22. The normalized spacial score (nSPS) is 10.2. The number of hydrogen-bond acceptors (Lipinski definition) is 4. The van der Waals surface area contributed by atoms with Crippen LogP contribution in [0.25, 0.3) is 0 Å². The maximum Gasteiger partial charge on any atom is 0.270 e. The van der Waals surface area contributed by atoms with Crippen LogP contribution in [0.4, 0.5) is 11.4 Å². The summed E-state index contributed by atoms with van der Waals surface area (Å²) in [6.45, 7) is 0. The van der Waals surface area contributed by atoms with Gasteiger partial charge < -0.3 is 10.2 Å². The van der Waals surface area contributed by atoms with Crippen molar-refractivity contribution >= 4 is 57.4 Å². The maximum atomic E-state index is 12.4. The van der Waals surface area contributed by atoms with Crippen molar-refractivity contribution in [2.75, 3.05) is 19.4 Å². The van der Waals surface area contributed by atoms with Gasteiger partial charge in [-0.3, -0.25) is 19.7 Å². The lowest BCUT2D eigenvalue weighted by Crippen LogP contribution is -2.22. The van der Waals surface area contributed by atoms with Crippen molar-refractivity contribution in [3.8, 4) is 0 Å². The number of nitro benzene ring substituents is 1. The first-order valence-corrected chi connectivity index (χ1v) is 8.43. The molecule has 2 rings (SSSR count). The topological polar surface area (TPSA) is 92.6 Å². The lowest BCUT2D eigenvalue weighted by molar-refractivity contribution is -0.384. The van der Waals surface area contributed by atoms with Crippen LogP contribution in [0.2, 0.25) is 5.02 Å². The van der Waals surface area contributed by atoms with Crippen LogP contribution in [0.15, 0.2) is 36.4 Å². The molecule has 0 aliphatic carbocycles. The second kappa shape index (κ2) is 7.79. The highest BCUT2D eigenvalue weighted by atomic mass is 127. The van der Waals surface area contributed by atoms with E-state index in [0.717, 1.165) is 0 Å². The molecular weight excluding hydrogens is 461 g/mol. The molecule has 0 heterocycles. The summed E-state index contributed by atoms with van der Waals surface area (Å²) in [5.41, 5.74) is 0.706. The van der Waals surface area contributed by atoms with E-state index in [9.17, 15) is 19.7 Å². The Labute approximate surface area is 162 Å². The van der Waals surface area contributed by atoms with Gasteiger partial charge in [0.1, 0.15) is 0 Å². The van der Waals surface area contributed by atoms with E-state index in [1.54, 1.807) is 20.2 Å². The van der Waals surface area contributed by atoms with E-state index in [0.29, 0.717) is 14.8 Å². The van der Waals surface area contributed by atoms with E-state index in [1.165, 1.54) is 35.2 Å². The summed E-state index contributed by atoms with van der Waals surface area (Å²) in [4.78, 5) is 36.0. The third-order valence-electron chi connectivity index (χ3n) is 3.27. The van der Waals surface area contributed by atoms with Crippen molar-refractivity contribution in [3.63, 3.8) is 0 Å². The smallest absolute Gasteiger partial charge is 0.270 e. The minimum absolute atomic E-state index is 0.171. The zero-order valence-corrected chi connectivity index (χ0v) is 16.2. The number of nitrogens with zero attached hydrogens (tertiary/aromatic N) is 2. The van der Waals surface area contributed by atoms with Crippen molar-refractivity contribution in [2.45, 2.75) is 0 Å². The molecule has 2 aromatic rings. The fourth-order valence-corrected chi connectivity index (χ4v) is 2.85. The average molecular weight is 474 g/mol. The molecule has 0 unspecified atom stereocenters. The molecular formula is C16H13ClIN3O4. The van der Waals surface area contributed by atoms with Gasteiger partial charge in [0.05, 0.1) is 21.1 Å². The maximum absolute atomic E-state index is 12.4. The highest BCUT2D eigenvalue weighted by molar-refractivity contribution is 14.1. The summed E-state index contributed by atoms with van der Waals surface area (Å²) in [6.07, 6.45) is 0. The summed E-state index contributed by atoms with van der Waals surface area (Å²) < 4.78 is 0.575. The fourth-order valence-electron chi connectivity index (χ4n) is 2.01. The SMILES string of the molecule is CN(C)C(=O)c1ccc(NC(=O)c2cc([N+](=O)[O-])ccc2I)cc1Cl. The third-order valence-corrected chi connectivity index (χ3v) is 4.52. The molecule has 0 aliphatic rings. The van der Waals surface area contributed by atoms with Crippen LogP contribution in [-0.4, -0.2) is 35.7 Å². The number of nitrogens with one attached hydrogen (secondary N) is 1. The van der Waals surface area contributed by atoms with E-state index in [2.05, 4.69) is 5.32 Å². The number of benzene rings is 2. The van der Waals surface area contributed by atoms with Crippen LogP contribution in [-0.2, 0) is 0 Å². The highest BCUT2D eigenvalue weighted by Gasteiger charge is 2.17. The van der Waals surface area contributed by atoms with Gasteiger partial charge in [0.15, 0.2) is 0 Å². The van der Waals surface area contributed by atoms with Gasteiger partial charge in [-0.2, -0.15) is 0 Å². The van der Waals surface area contributed by atoms with Crippen molar-refractivity contribution in [1.29, 1.82) is 0 Å². The Kier molecular flexibility index (Phi) is 5.96. The average Bonchev–Trinajstić information content (AvgIpc) is 2.54. The van der Waals surface area contributed by atoms with E-state index < -0.39 is 10.8 Å². The number of rotatable bonds is 4. The second-order valence-electron chi connectivity index (χ2n) is 5.27. The van der Waals surface area contributed by atoms with Gasteiger partial charge in [-0.25, -0.2) is 0 Å². The van der Waals surface area contributed by atoms with Crippen molar-refractivity contribution in [3.05, 3.63) is 66.2 Å². The molecule has 130 valence electrons. The van der Waals surface area contributed by atoms with Crippen LogP contribution in [0.3, 0.4) is 0 Å². The van der Waals surface area contributed by atoms with Crippen molar-refractivity contribution < 1.29 is 14.5 Å². The molecule has 0 aliphatic heterocycles. The zero-order valence-electron chi connectivity index (χ0n) is 13.2. The molecule has 1 N–H and O–H groups in total. The van der Waals surface area contributed by atoms with E-state index in [-0.39, 0.29) is 22.2 Å². The number of amides is 2. The van der Waals surface area contributed by atoms with Crippen LogP contribution < -0.4 is 5.32 Å². The molecule has 0 saturated carbocycles. The monoisotopic (exact) mass is 473 g/mol. The number of nitro groups is 1. The summed E-state index contributed by atoms with van der Waals surface area (Å²) in [5.74, 6) is -0.757. The Hall–Kier alpha value is -2.20. The molecule has 0 aromatic heterocycles. The number of hydrogen-bond donors (Lipinski definition) is 1. The summed E-state index contributed by atoms with van der Waals surface area (Å²) >= 11 is 8.03. The standard InChI is InChI=1S/C16H13ClIN3O4/c1-20(2)16(23)11-5-3-9(7-13(11)17)19-15(22)12-8-10(21(24)25)4-6-14(12)18/h3-8H,1-2H3,(H,19,22). The Morgan fingerprint density at radius 2 is 1.84 bits per heavy atom. The lowest BCUT2D eigenvalue weighted by atomic mass is 10.1. The first-order valence-electron chi connectivity index (χ1n) is 6.97. The molecule has 0 fully saturated rings. The highest BCUT2D eigenvalue weighted by Crippen LogP contribution is 2.24. The van der Waals surface area contributed by atoms with Crippen LogP contribution in [0.5, 0.6) is 0 Å². The molecule has 2 aromatic carbocycles. The molecule has 25 heavy (non-hydrogen) atoms. The third kappa shape index (κ3) is 4.45. The quantitative estimate of drug-likeness (QED) is 0.415. The number of carbonyl (C=O) groups excluding carboxylic acids is 2. The van der Waals surface area contributed by atoms with Gasteiger partial charge in [-0.05, 0) is 46.9 Å². The Bertz CT molecular complexity index is 870. The van der Waals surface area contributed by atoms with Gasteiger partial charge in [-0.15, -0.1) is 0 Å². The molecule has 0 radical (unpaired) electrons. The predicted molar refractivity (Wildman–Crippen MR) is 103 cm³/mol. The van der Waals surface area contributed by atoms with Gasteiger partial charge >= 0.3 is 0 Å². The molecule has 0 saturated heterocycles. The lowest BCUT2D eigenvalue weighted by Gasteiger charge is -2.13. The van der Waals surface area contributed by atoms with E-state index in [4.69, 9.17) is 11.6 Å². The largest absolute Gasteiger partial charge is 0.345 e. The number of non-ortho nitro benzene ring substituents is 1. The van der Waals surface area contributed by atoms with E-state index >= 15 is 0 Å². The molecule has 9 heteroatoms. The summed E-state index contributed by atoms with van der Waals surface area (Å²) in [6, 6.07) is 8.56. The Morgan fingerprint density at radius 1 is 1.16 bits per heavy atom. The van der Waals surface area contributed by atoms with Crippen molar-refractivity contribution in [1.82, 2.24) is 4.90 Å². The predicted octanol–water partition coefficient (Wildman–Crippen LogP) is 3.81. The van der Waals surface area contributed by atoms with E-state index in [1.807, 2.05) is 22.6 Å².